The van der Waals surface area contributed by atoms with E-state index >= 15 is 0 Å². The fourth-order valence-corrected chi connectivity index (χ4v) is 5.49. The van der Waals surface area contributed by atoms with Crippen molar-refractivity contribution in [2.75, 3.05) is 38.7 Å². The predicted molar refractivity (Wildman–Crippen MR) is 187 cm³/mol. The number of methoxy groups -OCH3 is 1. The Bertz CT molecular complexity index is 1480. The first-order valence-corrected chi connectivity index (χ1v) is 16.7. The number of amides is 3. The zero-order valence-electron chi connectivity index (χ0n) is 29.4. The first-order chi connectivity index (χ1) is 23.3. The molecular formula is C35H50BN6O7. The summed E-state index contributed by atoms with van der Waals surface area (Å²) in [5, 5.41) is 19.9. The highest BCUT2D eigenvalue weighted by atomic mass is 16.6. The lowest BCUT2D eigenvalue weighted by molar-refractivity contribution is -0.132. The number of aliphatic hydroxyl groups is 1. The highest BCUT2D eigenvalue weighted by Gasteiger charge is 2.35. The summed E-state index contributed by atoms with van der Waals surface area (Å²) in [4.78, 5) is 45.9. The second kappa shape index (κ2) is 16.9. The number of carbonyl (C=O) groups is 3. The van der Waals surface area contributed by atoms with Crippen molar-refractivity contribution in [2.45, 2.75) is 89.7 Å². The molecule has 265 valence electrons. The Kier molecular flexibility index (Phi) is 12.9. The Morgan fingerprint density at radius 2 is 1.80 bits per heavy atom. The van der Waals surface area contributed by atoms with E-state index in [1.807, 2.05) is 54.7 Å². The van der Waals surface area contributed by atoms with Crippen molar-refractivity contribution in [3.8, 4) is 0 Å². The summed E-state index contributed by atoms with van der Waals surface area (Å²) in [5.74, 6) is -0.0959. The molecule has 1 fully saturated rings. The molecule has 2 aliphatic heterocycles. The quantitative estimate of drug-likeness (QED) is 0.208. The molecule has 1 aromatic carbocycles. The van der Waals surface area contributed by atoms with E-state index in [2.05, 4.69) is 20.9 Å². The number of allylic oxidation sites excluding steroid dienone is 2. The average Bonchev–Trinajstić information content (AvgIpc) is 3.76. The Labute approximate surface area is 289 Å². The maximum Gasteiger partial charge on any atom is 0.408 e. The molecule has 1 aromatic heterocycles. The number of benzene rings is 1. The summed E-state index contributed by atoms with van der Waals surface area (Å²) in [6.07, 6.45) is 7.96. The van der Waals surface area contributed by atoms with Crippen molar-refractivity contribution in [2.24, 2.45) is 0 Å². The third-order valence-electron chi connectivity index (χ3n) is 8.15. The molecule has 3 amide bonds. The molecule has 0 saturated carbocycles. The van der Waals surface area contributed by atoms with Gasteiger partial charge in [0.05, 0.1) is 38.8 Å². The number of alkyl carbamates (subject to hydrolysis) is 1. The number of hydrogen-bond donors (Lipinski definition) is 4. The van der Waals surface area contributed by atoms with Crippen LogP contribution in [0.1, 0.15) is 59.1 Å². The number of rotatable bonds is 15. The Hall–Kier alpha value is -4.30. The molecule has 14 heteroatoms. The minimum Gasteiger partial charge on any atom is -0.512 e. The third-order valence-corrected chi connectivity index (χ3v) is 8.15. The van der Waals surface area contributed by atoms with Crippen LogP contribution in [0.25, 0.3) is 0 Å². The minimum atomic E-state index is -1.36. The molecule has 4 rings (SSSR count). The molecule has 0 spiro atoms. The van der Waals surface area contributed by atoms with Gasteiger partial charge in [0.1, 0.15) is 23.0 Å². The predicted octanol–water partition coefficient (Wildman–Crippen LogP) is 3.37. The van der Waals surface area contributed by atoms with Crippen LogP contribution in [0.5, 0.6) is 0 Å². The average molecular weight is 678 g/mol. The molecule has 3 atom stereocenters. The number of likely N-dealkylation sites (tertiary alicyclic amines) is 1. The van der Waals surface area contributed by atoms with E-state index in [0.717, 1.165) is 24.0 Å². The number of carbonyl (C=O) groups excluding carboxylic acids is 3. The van der Waals surface area contributed by atoms with Crippen molar-refractivity contribution < 1.29 is 33.7 Å². The van der Waals surface area contributed by atoms with E-state index in [4.69, 9.17) is 14.2 Å². The van der Waals surface area contributed by atoms with Crippen LogP contribution >= 0.6 is 0 Å². The van der Waals surface area contributed by atoms with Gasteiger partial charge in [0.2, 0.25) is 19.1 Å². The number of ether oxygens (including phenoxy) is 3. The second-order valence-corrected chi connectivity index (χ2v) is 13.8. The molecule has 2 aromatic rings. The van der Waals surface area contributed by atoms with Crippen LogP contribution in [0.2, 0.25) is 6.32 Å². The van der Waals surface area contributed by atoms with Crippen molar-refractivity contribution in [1.29, 1.82) is 0 Å². The van der Waals surface area contributed by atoms with Gasteiger partial charge in [-0.1, -0.05) is 42.7 Å². The van der Waals surface area contributed by atoms with Crippen molar-refractivity contribution in [1.82, 2.24) is 25.1 Å². The van der Waals surface area contributed by atoms with Gasteiger partial charge in [0, 0.05) is 31.5 Å². The maximum absolute atomic E-state index is 13.7. The molecule has 49 heavy (non-hydrogen) atoms. The second-order valence-electron chi connectivity index (χ2n) is 13.8. The van der Waals surface area contributed by atoms with Gasteiger partial charge in [-0.2, -0.15) is 0 Å². The van der Waals surface area contributed by atoms with Gasteiger partial charge >= 0.3 is 6.09 Å². The van der Waals surface area contributed by atoms with E-state index < -0.39 is 41.3 Å². The van der Waals surface area contributed by atoms with Gasteiger partial charge in [-0.05, 0) is 64.7 Å². The molecule has 1 saturated heterocycles. The number of aliphatic hydroxyl groups excluding tert-OH is 1. The van der Waals surface area contributed by atoms with Crippen LogP contribution in [-0.2, 0) is 30.4 Å². The van der Waals surface area contributed by atoms with Crippen LogP contribution in [0.4, 0.5) is 10.6 Å². The zero-order valence-corrected chi connectivity index (χ0v) is 29.4. The third kappa shape index (κ3) is 11.1. The van der Waals surface area contributed by atoms with Crippen LogP contribution < -0.4 is 16.0 Å². The van der Waals surface area contributed by atoms with Crippen molar-refractivity contribution in [3.05, 3.63) is 71.8 Å². The molecule has 0 aliphatic carbocycles. The molecule has 1 radical (unpaired) electrons. The smallest absolute Gasteiger partial charge is 0.408 e. The van der Waals surface area contributed by atoms with E-state index in [9.17, 15) is 19.5 Å². The van der Waals surface area contributed by atoms with Gasteiger partial charge in [-0.25, -0.2) is 9.78 Å². The monoisotopic (exact) mass is 677 g/mol. The normalized spacial score (nSPS) is 16.8. The lowest BCUT2D eigenvalue weighted by Gasteiger charge is -2.31. The molecule has 13 nitrogen and oxygen atoms in total. The van der Waals surface area contributed by atoms with Gasteiger partial charge in [0.25, 0.3) is 0 Å². The number of nitrogens with zero attached hydrogens (tertiary/aromatic N) is 3. The van der Waals surface area contributed by atoms with Crippen LogP contribution in [0.15, 0.2) is 66.2 Å². The summed E-state index contributed by atoms with van der Waals surface area (Å²) in [6, 6.07) is 8.08. The number of anilines is 1. The Morgan fingerprint density at radius 1 is 1.08 bits per heavy atom. The summed E-state index contributed by atoms with van der Waals surface area (Å²) >= 11 is 0. The van der Waals surface area contributed by atoms with Crippen LogP contribution in [0.3, 0.4) is 0 Å². The summed E-state index contributed by atoms with van der Waals surface area (Å²) < 4.78 is 18.5. The van der Waals surface area contributed by atoms with Gasteiger partial charge in [0.15, 0.2) is 0 Å². The number of hydrogen-bond acceptors (Lipinski definition) is 9. The molecule has 3 heterocycles. The van der Waals surface area contributed by atoms with Gasteiger partial charge in [-0.3, -0.25) is 9.59 Å². The number of imidazole rings is 1. The SMILES string of the molecule is COC1=CC(C(C(=O)N2CCCC2)n2cnc(NCC(O)C(COCc3ccccc3)NC(=O)C(C)(C)NC(=O)OC(C)(C)C)c2)=CC[B]1. The molecule has 4 N–H and O–H groups in total. The minimum absolute atomic E-state index is 0.00665. The van der Waals surface area contributed by atoms with E-state index in [1.165, 1.54) is 0 Å². The number of nitrogens with one attached hydrogen (secondary N) is 3. The van der Waals surface area contributed by atoms with E-state index in [0.29, 0.717) is 30.9 Å². The molecule has 0 bridgehead atoms. The summed E-state index contributed by atoms with van der Waals surface area (Å²) in [5.41, 5.74) is 0.364. The van der Waals surface area contributed by atoms with Gasteiger partial charge in [-0.15, -0.1) is 0 Å². The van der Waals surface area contributed by atoms with Crippen LogP contribution in [-0.4, -0.2) is 101 Å². The van der Waals surface area contributed by atoms with Crippen molar-refractivity contribution >= 4 is 31.0 Å². The Morgan fingerprint density at radius 3 is 2.47 bits per heavy atom. The molecular weight excluding hydrogens is 627 g/mol. The zero-order chi connectivity index (χ0) is 35.6. The lowest BCUT2D eigenvalue weighted by atomic mass is 9.67. The van der Waals surface area contributed by atoms with Gasteiger partial charge < -0.3 is 44.7 Å². The standard InChI is InChI=1S/C35H50BN6O7/c1-34(2,3)49-33(46)40-35(4,5)32(45)39-26(22-48-21-24-12-8-7-9-13-24)27(43)19-37-29-20-42(23-38-29)30(31(44)41-16-10-11-17-41)25-14-15-36-28(18-25)47-6/h7-9,12-14,18,20,23,26-27,30,37,43H,10-11,15-17,19,21-22H2,1-6H3,(H,39,45)(H,40,46). The summed E-state index contributed by atoms with van der Waals surface area (Å²) in [7, 11) is 3.56. The largest absolute Gasteiger partial charge is 0.512 e. The van der Waals surface area contributed by atoms with E-state index in [1.54, 1.807) is 58.8 Å². The fourth-order valence-electron chi connectivity index (χ4n) is 5.49. The topological polar surface area (TPSA) is 156 Å². The lowest BCUT2D eigenvalue weighted by Crippen LogP contribution is -2.60. The highest BCUT2D eigenvalue weighted by molar-refractivity contribution is 6.45. The fraction of sp³-hybridized carbons (Fsp3) is 0.543. The first-order valence-electron chi connectivity index (χ1n) is 16.7. The first kappa shape index (κ1) is 37.5. The maximum atomic E-state index is 13.7. The van der Waals surface area contributed by atoms with Crippen LogP contribution in [0, 0.1) is 0 Å². The van der Waals surface area contributed by atoms with E-state index in [-0.39, 0.29) is 25.7 Å². The van der Waals surface area contributed by atoms with Crippen molar-refractivity contribution in [3.63, 3.8) is 0 Å². The summed E-state index contributed by atoms with van der Waals surface area (Å²) in [6.45, 7) is 10.0. The molecule has 2 aliphatic rings. The number of aromatic nitrogens is 2. The highest BCUT2D eigenvalue weighted by Crippen LogP contribution is 2.29. The molecule has 3 unspecified atom stereocenters. The Balaban J connectivity index is 1.45.